The van der Waals surface area contributed by atoms with E-state index in [-0.39, 0.29) is 23.0 Å². The fourth-order valence-electron chi connectivity index (χ4n) is 4.26. The Bertz CT molecular complexity index is 1300. The quantitative estimate of drug-likeness (QED) is 0.291. The highest BCUT2D eigenvalue weighted by Gasteiger charge is 2.33. The van der Waals surface area contributed by atoms with E-state index in [1.165, 1.54) is 29.2 Å². The summed E-state index contributed by atoms with van der Waals surface area (Å²) in [5.74, 6) is -1.32. The number of carbonyl (C=O) groups excluding carboxylic acids is 2. The largest absolute Gasteiger partial charge is 0.354 e. The van der Waals surface area contributed by atoms with Crippen LogP contribution in [0.3, 0.4) is 0 Å². The molecule has 3 aromatic rings. The summed E-state index contributed by atoms with van der Waals surface area (Å²) in [7, 11) is -4.17. The molecule has 0 radical (unpaired) electrons. The first-order valence-corrected chi connectivity index (χ1v) is 14.7. The lowest BCUT2D eigenvalue weighted by molar-refractivity contribution is -0.139. The Morgan fingerprint density at radius 3 is 2.10 bits per heavy atom. The van der Waals surface area contributed by atoms with Crippen molar-refractivity contribution in [2.45, 2.75) is 50.5 Å². The second-order valence-electron chi connectivity index (χ2n) is 9.19. The Balaban J connectivity index is 1.96. The summed E-state index contributed by atoms with van der Waals surface area (Å²) in [6.07, 6.45) is 2.58. The topological polar surface area (TPSA) is 86.8 Å². The molecule has 3 rings (SSSR count). The standard InChI is InChI=1S/C30H36FN3O4S/c1-3-5-21-32-30(36)28(4-2)33(22-20-24-12-8-6-9-13-24)29(35)23-34(26-18-16-25(31)17-19-26)39(37,38)27-14-10-7-11-15-27/h6-19,28H,3-5,20-23H2,1-2H3,(H,32,36)/t28-/m1/s1. The zero-order chi connectivity index (χ0) is 28.3. The van der Waals surface area contributed by atoms with Crippen molar-refractivity contribution in [3.05, 3.63) is 96.3 Å². The highest BCUT2D eigenvalue weighted by atomic mass is 32.2. The zero-order valence-electron chi connectivity index (χ0n) is 22.4. The van der Waals surface area contributed by atoms with Gasteiger partial charge in [-0.25, -0.2) is 12.8 Å². The van der Waals surface area contributed by atoms with Gasteiger partial charge in [0, 0.05) is 13.1 Å². The highest BCUT2D eigenvalue weighted by molar-refractivity contribution is 7.92. The van der Waals surface area contributed by atoms with E-state index in [4.69, 9.17) is 0 Å². The van der Waals surface area contributed by atoms with E-state index in [9.17, 15) is 22.4 Å². The third-order valence-corrected chi connectivity index (χ3v) is 8.21. The van der Waals surface area contributed by atoms with Crippen molar-refractivity contribution in [1.82, 2.24) is 10.2 Å². The summed E-state index contributed by atoms with van der Waals surface area (Å²) < 4.78 is 42.0. The summed E-state index contributed by atoms with van der Waals surface area (Å²) in [4.78, 5) is 28.5. The molecule has 0 spiro atoms. The molecule has 0 aliphatic carbocycles. The van der Waals surface area contributed by atoms with E-state index in [1.807, 2.05) is 44.2 Å². The lowest BCUT2D eigenvalue weighted by Crippen LogP contribution is -2.53. The minimum absolute atomic E-state index is 0.00214. The molecule has 0 heterocycles. The van der Waals surface area contributed by atoms with E-state index in [1.54, 1.807) is 18.2 Å². The van der Waals surface area contributed by atoms with Crippen molar-refractivity contribution >= 4 is 27.5 Å². The lowest BCUT2D eigenvalue weighted by atomic mass is 10.1. The number of sulfonamides is 1. The minimum atomic E-state index is -4.17. The Kier molecular flexibility index (Phi) is 11.0. The minimum Gasteiger partial charge on any atom is -0.354 e. The van der Waals surface area contributed by atoms with Crippen LogP contribution < -0.4 is 9.62 Å². The summed E-state index contributed by atoms with van der Waals surface area (Å²) in [6, 6.07) is 21.5. The number of benzene rings is 3. The summed E-state index contributed by atoms with van der Waals surface area (Å²) in [6.45, 7) is 4.03. The number of nitrogens with zero attached hydrogens (tertiary/aromatic N) is 2. The van der Waals surface area contributed by atoms with E-state index < -0.39 is 34.3 Å². The van der Waals surface area contributed by atoms with Gasteiger partial charge in [0.05, 0.1) is 10.6 Å². The molecule has 7 nitrogen and oxygen atoms in total. The first kappa shape index (κ1) is 29.8. The van der Waals surface area contributed by atoms with E-state index in [0.717, 1.165) is 34.8 Å². The van der Waals surface area contributed by atoms with Crippen LogP contribution >= 0.6 is 0 Å². The van der Waals surface area contributed by atoms with Crippen LogP contribution in [0.15, 0.2) is 89.8 Å². The van der Waals surface area contributed by atoms with Crippen LogP contribution in [0.1, 0.15) is 38.7 Å². The second kappa shape index (κ2) is 14.4. The normalized spacial score (nSPS) is 12.0. The van der Waals surface area contributed by atoms with Crippen molar-refractivity contribution in [3.8, 4) is 0 Å². The summed E-state index contributed by atoms with van der Waals surface area (Å²) in [5, 5.41) is 2.91. The van der Waals surface area contributed by atoms with Crippen molar-refractivity contribution in [2.24, 2.45) is 0 Å². The predicted octanol–water partition coefficient (Wildman–Crippen LogP) is 4.79. The average molecular weight is 554 g/mol. The fraction of sp³-hybridized carbons (Fsp3) is 0.333. The maximum Gasteiger partial charge on any atom is 0.264 e. The molecule has 3 aromatic carbocycles. The molecule has 0 unspecified atom stereocenters. The maximum absolute atomic E-state index is 13.9. The molecule has 1 atom stereocenters. The van der Waals surface area contributed by atoms with Crippen molar-refractivity contribution in [2.75, 3.05) is 23.9 Å². The third-order valence-electron chi connectivity index (χ3n) is 6.42. The number of amides is 2. The molecule has 0 saturated heterocycles. The molecule has 0 aromatic heterocycles. The second-order valence-corrected chi connectivity index (χ2v) is 11.1. The van der Waals surface area contributed by atoms with Gasteiger partial charge in [-0.1, -0.05) is 68.8 Å². The van der Waals surface area contributed by atoms with Gasteiger partial charge >= 0.3 is 0 Å². The molecular weight excluding hydrogens is 517 g/mol. The Labute approximate surface area is 230 Å². The van der Waals surface area contributed by atoms with Gasteiger partial charge in [0.1, 0.15) is 18.4 Å². The van der Waals surface area contributed by atoms with Crippen LogP contribution in [-0.4, -0.2) is 50.8 Å². The number of carbonyl (C=O) groups is 2. The smallest absolute Gasteiger partial charge is 0.264 e. The molecular formula is C30H36FN3O4S. The number of anilines is 1. The predicted molar refractivity (Wildman–Crippen MR) is 151 cm³/mol. The van der Waals surface area contributed by atoms with Gasteiger partial charge in [-0.05, 0) is 61.2 Å². The van der Waals surface area contributed by atoms with Crippen LogP contribution in [0.25, 0.3) is 0 Å². The SMILES string of the molecule is CCCCNC(=O)[C@@H](CC)N(CCc1ccccc1)C(=O)CN(c1ccc(F)cc1)S(=O)(=O)c1ccccc1. The molecule has 208 valence electrons. The number of hydrogen-bond acceptors (Lipinski definition) is 4. The average Bonchev–Trinajstić information content (AvgIpc) is 2.95. The highest BCUT2D eigenvalue weighted by Crippen LogP contribution is 2.24. The van der Waals surface area contributed by atoms with Crippen molar-refractivity contribution < 1.29 is 22.4 Å². The molecule has 1 N–H and O–H groups in total. The van der Waals surface area contributed by atoms with Crippen molar-refractivity contribution in [1.29, 1.82) is 0 Å². The number of rotatable bonds is 14. The first-order valence-electron chi connectivity index (χ1n) is 13.2. The van der Waals surface area contributed by atoms with E-state index in [2.05, 4.69) is 5.32 Å². The van der Waals surface area contributed by atoms with Crippen LogP contribution in [-0.2, 0) is 26.0 Å². The molecule has 0 saturated carbocycles. The van der Waals surface area contributed by atoms with Crippen LogP contribution in [0, 0.1) is 5.82 Å². The zero-order valence-corrected chi connectivity index (χ0v) is 23.2. The van der Waals surface area contributed by atoms with E-state index in [0.29, 0.717) is 19.4 Å². The van der Waals surface area contributed by atoms with Gasteiger partial charge in [0.25, 0.3) is 10.0 Å². The molecule has 9 heteroatoms. The summed E-state index contributed by atoms with van der Waals surface area (Å²) >= 11 is 0. The number of halogens is 1. The van der Waals surface area contributed by atoms with Gasteiger partial charge in [-0.15, -0.1) is 0 Å². The van der Waals surface area contributed by atoms with Gasteiger partial charge < -0.3 is 10.2 Å². The van der Waals surface area contributed by atoms with Crippen LogP contribution in [0.4, 0.5) is 10.1 Å². The Morgan fingerprint density at radius 1 is 0.897 bits per heavy atom. The number of hydrogen-bond donors (Lipinski definition) is 1. The third kappa shape index (κ3) is 8.13. The lowest BCUT2D eigenvalue weighted by Gasteiger charge is -2.33. The van der Waals surface area contributed by atoms with Gasteiger partial charge in [-0.3, -0.25) is 13.9 Å². The Morgan fingerprint density at radius 2 is 1.51 bits per heavy atom. The van der Waals surface area contributed by atoms with Gasteiger partial charge in [-0.2, -0.15) is 0 Å². The number of nitrogens with one attached hydrogen (secondary N) is 1. The van der Waals surface area contributed by atoms with Gasteiger partial charge in [0.2, 0.25) is 11.8 Å². The number of unbranched alkanes of at least 4 members (excludes halogenated alkanes) is 1. The molecule has 0 bridgehead atoms. The molecule has 2 amide bonds. The van der Waals surface area contributed by atoms with Crippen molar-refractivity contribution in [3.63, 3.8) is 0 Å². The Hall–Kier alpha value is -3.72. The van der Waals surface area contributed by atoms with Crippen LogP contribution in [0.5, 0.6) is 0 Å². The summed E-state index contributed by atoms with van der Waals surface area (Å²) in [5.41, 5.74) is 1.14. The molecule has 0 fully saturated rings. The van der Waals surface area contributed by atoms with Gasteiger partial charge in [0.15, 0.2) is 0 Å². The molecule has 0 aliphatic heterocycles. The van der Waals surface area contributed by atoms with Crippen LogP contribution in [0.2, 0.25) is 0 Å². The fourth-order valence-corrected chi connectivity index (χ4v) is 5.69. The first-order chi connectivity index (χ1) is 18.8. The molecule has 0 aliphatic rings. The molecule has 39 heavy (non-hydrogen) atoms. The monoisotopic (exact) mass is 553 g/mol. The maximum atomic E-state index is 13.9. The van der Waals surface area contributed by atoms with E-state index >= 15 is 0 Å².